The van der Waals surface area contributed by atoms with Gasteiger partial charge < -0.3 is 24.4 Å². The molecule has 1 saturated heterocycles. The summed E-state index contributed by atoms with van der Waals surface area (Å²) in [5.74, 6) is 1.02. The topological polar surface area (TPSA) is 82.6 Å². The lowest BCUT2D eigenvalue weighted by Gasteiger charge is -2.38. The Morgan fingerprint density at radius 3 is 2.74 bits per heavy atom. The van der Waals surface area contributed by atoms with Crippen LogP contribution in [0.1, 0.15) is 28.4 Å². The van der Waals surface area contributed by atoms with Crippen molar-refractivity contribution < 1.29 is 24.2 Å². The molecule has 2 amide bonds. The van der Waals surface area contributed by atoms with E-state index in [-0.39, 0.29) is 24.5 Å². The number of benzene rings is 2. The maximum atomic E-state index is 13.2. The molecule has 8 heteroatoms. The van der Waals surface area contributed by atoms with Crippen molar-refractivity contribution in [2.75, 3.05) is 45.9 Å². The van der Waals surface area contributed by atoms with Crippen molar-refractivity contribution in [3.8, 4) is 11.5 Å². The number of nitrogens with zero attached hydrogens (tertiary/aromatic N) is 3. The second kappa shape index (κ2) is 9.64. The second-order valence-electron chi connectivity index (χ2n) is 9.33. The lowest BCUT2D eigenvalue weighted by Crippen LogP contribution is -2.55. The number of likely N-dealkylation sites (tertiary alicyclic amines) is 1. The van der Waals surface area contributed by atoms with Crippen LogP contribution in [0.15, 0.2) is 42.5 Å². The van der Waals surface area contributed by atoms with Gasteiger partial charge in [-0.2, -0.15) is 0 Å². The number of carbonyl (C=O) groups excluding carboxylic acids is 2. The summed E-state index contributed by atoms with van der Waals surface area (Å²) in [5.41, 5.74) is 3.16. The Hall–Kier alpha value is -3.10. The Bertz CT molecular complexity index is 1070. The summed E-state index contributed by atoms with van der Waals surface area (Å²) in [6.07, 6.45) is 0.295. The number of aliphatic hydroxyl groups is 1. The minimum absolute atomic E-state index is 0.0445. The fourth-order valence-corrected chi connectivity index (χ4v) is 4.87. The van der Waals surface area contributed by atoms with Crippen LogP contribution in [0.5, 0.6) is 11.5 Å². The van der Waals surface area contributed by atoms with Gasteiger partial charge in [0.25, 0.3) is 5.91 Å². The highest BCUT2D eigenvalue weighted by Crippen LogP contribution is 2.30. The maximum Gasteiger partial charge on any atom is 0.257 e. The van der Waals surface area contributed by atoms with Gasteiger partial charge in [-0.3, -0.25) is 14.5 Å². The fourth-order valence-electron chi connectivity index (χ4n) is 4.87. The van der Waals surface area contributed by atoms with Crippen LogP contribution in [0.3, 0.4) is 0 Å². The molecule has 1 atom stereocenters. The molecule has 180 valence electrons. The third-order valence-corrected chi connectivity index (χ3v) is 6.80. The molecule has 0 aromatic heterocycles. The van der Waals surface area contributed by atoms with Crippen molar-refractivity contribution in [3.05, 3.63) is 59.2 Å². The minimum Gasteiger partial charge on any atom is -0.491 e. The van der Waals surface area contributed by atoms with Crippen LogP contribution in [0.2, 0.25) is 0 Å². The average Bonchev–Trinajstić information content (AvgIpc) is 2.94. The first-order valence-electron chi connectivity index (χ1n) is 11.9. The largest absolute Gasteiger partial charge is 0.491 e. The third-order valence-electron chi connectivity index (χ3n) is 6.80. The Kier molecular flexibility index (Phi) is 6.43. The Balaban J connectivity index is 1.17. The van der Waals surface area contributed by atoms with Gasteiger partial charge in [-0.15, -0.1) is 0 Å². The molecular weight excluding hydrogens is 434 g/mol. The lowest BCUT2D eigenvalue weighted by atomic mass is 10.00. The number of β-amino-alcohol motifs (C(OH)–C–C–N with tert-alkyl or cyclic N) is 1. The number of hydrogen-bond acceptors (Lipinski definition) is 6. The van der Waals surface area contributed by atoms with E-state index in [1.165, 1.54) is 11.1 Å². The zero-order valence-corrected chi connectivity index (χ0v) is 19.5. The second-order valence-corrected chi connectivity index (χ2v) is 9.33. The molecule has 2 aromatic carbocycles. The highest BCUT2D eigenvalue weighted by atomic mass is 16.5. The van der Waals surface area contributed by atoms with Crippen molar-refractivity contribution >= 4 is 11.8 Å². The monoisotopic (exact) mass is 465 g/mol. The number of hydrogen-bond donors (Lipinski definition) is 1. The smallest absolute Gasteiger partial charge is 0.257 e. The van der Waals surface area contributed by atoms with Gasteiger partial charge in [0.15, 0.2) is 0 Å². The van der Waals surface area contributed by atoms with Crippen LogP contribution >= 0.6 is 0 Å². The standard InChI is InChI=1S/C26H31N3O5/c1-18(30)29-16-23(17-29)34-22-6-7-24-25(12-22)33-11-10-28(26(24)32)15-21(31)14-27-9-8-19-4-2-3-5-20(19)13-27/h2-7,12,21,23,31H,8-11,13-17H2,1H3. The van der Waals surface area contributed by atoms with Crippen molar-refractivity contribution in [1.82, 2.24) is 14.7 Å². The molecule has 5 rings (SSSR count). The summed E-state index contributed by atoms with van der Waals surface area (Å²) in [4.78, 5) is 30.2. The van der Waals surface area contributed by atoms with Crippen LogP contribution in [-0.4, -0.2) is 89.7 Å². The first kappa shape index (κ1) is 22.7. The SMILES string of the molecule is CC(=O)N1CC(Oc2ccc3c(c2)OCCN(CC(O)CN2CCc4ccccc4C2)C3=O)C1. The molecule has 2 aromatic rings. The lowest BCUT2D eigenvalue weighted by molar-refractivity contribution is -0.137. The number of amides is 2. The zero-order chi connectivity index (χ0) is 23.7. The number of ether oxygens (including phenoxy) is 2. The van der Waals surface area contributed by atoms with Crippen molar-refractivity contribution in [1.29, 1.82) is 0 Å². The number of fused-ring (bicyclic) bond motifs is 2. The van der Waals surface area contributed by atoms with Gasteiger partial charge in [0.1, 0.15) is 24.2 Å². The van der Waals surface area contributed by atoms with Gasteiger partial charge in [-0.25, -0.2) is 0 Å². The number of aliphatic hydroxyl groups excluding tert-OH is 1. The normalized spacial score (nSPS) is 19.4. The van der Waals surface area contributed by atoms with E-state index in [2.05, 4.69) is 29.2 Å². The zero-order valence-electron chi connectivity index (χ0n) is 19.5. The fraction of sp³-hybridized carbons (Fsp3) is 0.462. The van der Waals surface area contributed by atoms with Gasteiger partial charge in [-0.1, -0.05) is 24.3 Å². The van der Waals surface area contributed by atoms with E-state index < -0.39 is 6.10 Å². The molecular formula is C26H31N3O5. The van der Waals surface area contributed by atoms with Gasteiger partial charge in [-0.05, 0) is 29.7 Å². The van der Waals surface area contributed by atoms with E-state index in [1.54, 1.807) is 34.9 Å². The average molecular weight is 466 g/mol. The first-order valence-corrected chi connectivity index (χ1v) is 11.9. The molecule has 0 aliphatic carbocycles. The van der Waals surface area contributed by atoms with Crippen LogP contribution in [0.4, 0.5) is 0 Å². The molecule has 3 aliphatic heterocycles. The van der Waals surface area contributed by atoms with E-state index >= 15 is 0 Å². The highest BCUT2D eigenvalue weighted by molar-refractivity contribution is 5.97. The van der Waals surface area contributed by atoms with Crippen LogP contribution in [0, 0.1) is 0 Å². The Morgan fingerprint density at radius 2 is 1.94 bits per heavy atom. The van der Waals surface area contributed by atoms with Crippen LogP contribution in [-0.2, 0) is 17.8 Å². The molecule has 1 fully saturated rings. The van der Waals surface area contributed by atoms with E-state index in [4.69, 9.17) is 9.47 Å². The number of carbonyl (C=O) groups is 2. The predicted molar refractivity (Wildman–Crippen MR) is 126 cm³/mol. The summed E-state index contributed by atoms with van der Waals surface area (Å²) in [6.45, 7) is 5.97. The molecule has 8 nitrogen and oxygen atoms in total. The quantitative estimate of drug-likeness (QED) is 0.697. The molecule has 0 radical (unpaired) electrons. The molecule has 34 heavy (non-hydrogen) atoms. The summed E-state index contributed by atoms with van der Waals surface area (Å²) in [7, 11) is 0. The first-order chi connectivity index (χ1) is 16.5. The highest BCUT2D eigenvalue weighted by Gasteiger charge is 2.31. The summed E-state index contributed by atoms with van der Waals surface area (Å²) in [5, 5.41) is 10.8. The Morgan fingerprint density at radius 1 is 1.15 bits per heavy atom. The molecule has 0 spiro atoms. The van der Waals surface area contributed by atoms with Gasteiger partial charge >= 0.3 is 0 Å². The molecule has 3 aliphatic rings. The van der Waals surface area contributed by atoms with E-state index in [1.807, 2.05) is 0 Å². The van der Waals surface area contributed by atoms with Gasteiger partial charge in [0.2, 0.25) is 5.91 Å². The number of rotatable bonds is 6. The molecule has 0 saturated carbocycles. The molecule has 1 unspecified atom stereocenters. The third kappa shape index (κ3) is 4.88. The minimum atomic E-state index is -0.638. The van der Waals surface area contributed by atoms with Crippen molar-refractivity contribution in [2.45, 2.75) is 32.1 Å². The van der Waals surface area contributed by atoms with Gasteiger partial charge in [0.05, 0.1) is 31.3 Å². The van der Waals surface area contributed by atoms with E-state index in [0.717, 1.165) is 19.5 Å². The molecule has 0 bridgehead atoms. The Labute approximate surface area is 199 Å². The summed E-state index contributed by atoms with van der Waals surface area (Å²) >= 11 is 0. The summed E-state index contributed by atoms with van der Waals surface area (Å²) in [6, 6.07) is 13.7. The molecule has 1 N–H and O–H groups in total. The van der Waals surface area contributed by atoms with Crippen molar-refractivity contribution in [3.63, 3.8) is 0 Å². The summed E-state index contributed by atoms with van der Waals surface area (Å²) < 4.78 is 11.8. The van der Waals surface area contributed by atoms with E-state index in [0.29, 0.717) is 49.8 Å². The van der Waals surface area contributed by atoms with Crippen LogP contribution in [0.25, 0.3) is 0 Å². The van der Waals surface area contributed by atoms with Crippen molar-refractivity contribution in [2.24, 2.45) is 0 Å². The van der Waals surface area contributed by atoms with Crippen LogP contribution < -0.4 is 9.47 Å². The molecule has 3 heterocycles. The van der Waals surface area contributed by atoms with Gasteiger partial charge in [0, 0.05) is 39.2 Å². The predicted octanol–water partition coefficient (Wildman–Crippen LogP) is 1.55. The maximum absolute atomic E-state index is 13.2. The van der Waals surface area contributed by atoms with E-state index in [9.17, 15) is 14.7 Å².